The number of aromatic hydroxyl groups is 1. The van der Waals surface area contributed by atoms with Crippen LogP contribution in [0.25, 0.3) is 5.69 Å². The van der Waals surface area contributed by atoms with Crippen molar-refractivity contribution in [1.29, 1.82) is 0 Å². The molecule has 160 valence electrons. The highest BCUT2D eigenvalue weighted by atomic mass is 16.5. The number of ether oxygens (including phenoxy) is 1. The van der Waals surface area contributed by atoms with E-state index in [1.807, 2.05) is 23.3 Å². The highest BCUT2D eigenvalue weighted by molar-refractivity contribution is 5.82. The Hall–Kier alpha value is -3.88. The molecule has 0 aliphatic carbocycles. The van der Waals surface area contributed by atoms with Crippen molar-refractivity contribution in [2.45, 2.75) is 25.3 Å². The molecular formula is C22H23N5O4. The molecule has 0 radical (unpaired) electrons. The van der Waals surface area contributed by atoms with E-state index in [0.29, 0.717) is 18.0 Å². The number of rotatable bonds is 5. The molecule has 4 rings (SSSR count). The van der Waals surface area contributed by atoms with E-state index in [-0.39, 0.29) is 11.6 Å². The summed E-state index contributed by atoms with van der Waals surface area (Å²) in [7, 11) is 1.53. The van der Waals surface area contributed by atoms with Gasteiger partial charge < -0.3 is 9.84 Å². The highest BCUT2D eigenvalue weighted by Crippen LogP contribution is 2.30. The van der Waals surface area contributed by atoms with Crippen LogP contribution in [0.2, 0.25) is 0 Å². The third-order valence-electron chi connectivity index (χ3n) is 5.33. The largest absolute Gasteiger partial charge is 0.497 e. The molecule has 31 heavy (non-hydrogen) atoms. The van der Waals surface area contributed by atoms with Gasteiger partial charge in [0, 0.05) is 18.9 Å². The van der Waals surface area contributed by atoms with Crippen LogP contribution in [0.3, 0.4) is 0 Å². The van der Waals surface area contributed by atoms with Crippen LogP contribution in [0.15, 0.2) is 63.5 Å². The van der Waals surface area contributed by atoms with Crippen molar-refractivity contribution in [3.05, 3.63) is 80.8 Å². The molecule has 1 atom stereocenters. The van der Waals surface area contributed by atoms with Crippen molar-refractivity contribution < 1.29 is 9.84 Å². The Morgan fingerprint density at radius 2 is 2.03 bits per heavy atom. The Morgan fingerprint density at radius 3 is 2.74 bits per heavy atom. The van der Waals surface area contributed by atoms with E-state index in [1.165, 1.54) is 13.3 Å². The van der Waals surface area contributed by atoms with Crippen LogP contribution in [-0.4, -0.2) is 44.5 Å². The zero-order valence-corrected chi connectivity index (χ0v) is 17.1. The van der Waals surface area contributed by atoms with Gasteiger partial charge in [-0.2, -0.15) is 5.10 Å². The van der Waals surface area contributed by atoms with E-state index in [9.17, 15) is 14.7 Å². The molecule has 9 nitrogen and oxygen atoms in total. The Labute approximate surface area is 178 Å². The molecule has 1 aliphatic heterocycles. The molecule has 3 aromatic rings. The van der Waals surface area contributed by atoms with Crippen LogP contribution in [0.5, 0.6) is 11.6 Å². The third-order valence-corrected chi connectivity index (χ3v) is 5.33. The second-order valence-corrected chi connectivity index (χ2v) is 7.24. The number of hydrazone groups is 1. The fourth-order valence-electron chi connectivity index (χ4n) is 3.72. The molecule has 9 heteroatoms. The SMILES string of the molecule is COc1ccc(-n2c(O)c(C=NN3CCCC[C@H]3c3cccnc3)c(=O)[nH]c2=O)cc1. The number of nitrogens with zero attached hydrogens (tertiary/aromatic N) is 4. The first-order valence-electron chi connectivity index (χ1n) is 10.0. The number of aromatic nitrogens is 3. The average Bonchev–Trinajstić information content (AvgIpc) is 2.80. The lowest BCUT2D eigenvalue weighted by Crippen LogP contribution is -2.32. The zero-order valence-electron chi connectivity index (χ0n) is 17.1. The van der Waals surface area contributed by atoms with Gasteiger partial charge in [-0.25, -0.2) is 9.36 Å². The van der Waals surface area contributed by atoms with Gasteiger partial charge in [0.15, 0.2) is 0 Å². The van der Waals surface area contributed by atoms with Crippen LogP contribution in [-0.2, 0) is 0 Å². The van der Waals surface area contributed by atoms with Crippen LogP contribution in [0, 0.1) is 0 Å². The summed E-state index contributed by atoms with van der Waals surface area (Å²) in [5, 5.41) is 17.1. The van der Waals surface area contributed by atoms with E-state index in [4.69, 9.17) is 4.74 Å². The predicted octanol–water partition coefficient (Wildman–Crippen LogP) is 2.20. The number of aromatic amines is 1. The van der Waals surface area contributed by atoms with Crippen molar-refractivity contribution in [2.24, 2.45) is 5.10 Å². The lowest BCUT2D eigenvalue weighted by atomic mass is 9.98. The molecule has 0 amide bonds. The minimum Gasteiger partial charge on any atom is -0.497 e. The van der Waals surface area contributed by atoms with E-state index in [1.54, 1.807) is 30.5 Å². The molecule has 0 saturated carbocycles. The summed E-state index contributed by atoms with van der Waals surface area (Å²) >= 11 is 0. The van der Waals surface area contributed by atoms with E-state index < -0.39 is 17.1 Å². The van der Waals surface area contributed by atoms with Gasteiger partial charge >= 0.3 is 5.69 Å². The minimum atomic E-state index is -0.740. The van der Waals surface area contributed by atoms with Gasteiger partial charge in [0.2, 0.25) is 5.88 Å². The quantitative estimate of drug-likeness (QED) is 0.611. The number of hydrogen-bond acceptors (Lipinski definition) is 7. The van der Waals surface area contributed by atoms with Crippen molar-refractivity contribution >= 4 is 6.21 Å². The average molecular weight is 421 g/mol. The lowest BCUT2D eigenvalue weighted by Gasteiger charge is -2.33. The molecule has 0 bridgehead atoms. The monoisotopic (exact) mass is 421 g/mol. The summed E-state index contributed by atoms with van der Waals surface area (Å²) in [6, 6.07) is 10.5. The van der Waals surface area contributed by atoms with Crippen molar-refractivity contribution in [3.8, 4) is 17.3 Å². The predicted molar refractivity (Wildman–Crippen MR) is 116 cm³/mol. The van der Waals surface area contributed by atoms with Gasteiger partial charge in [0.25, 0.3) is 5.56 Å². The van der Waals surface area contributed by atoms with Crippen molar-refractivity contribution in [3.63, 3.8) is 0 Å². The van der Waals surface area contributed by atoms with Gasteiger partial charge in [-0.05, 0) is 55.2 Å². The Balaban J connectivity index is 1.70. The topological polar surface area (TPSA) is 113 Å². The van der Waals surface area contributed by atoms with Gasteiger partial charge in [0.1, 0.15) is 11.3 Å². The smallest absolute Gasteiger partial charge is 0.335 e. The summed E-state index contributed by atoms with van der Waals surface area (Å²) in [4.78, 5) is 31.2. The molecule has 0 unspecified atom stereocenters. The third kappa shape index (κ3) is 4.20. The second kappa shape index (κ2) is 8.86. The normalized spacial score (nSPS) is 16.5. The Morgan fingerprint density at radius 1 is 1.23 bits per heavy atom. The van der Waals surface area contributed by atoms with Crippen molar-refractivity contribution in [2.75, 3.05) is 13.7 Å². The maximum atomic E-state index is 12.4. The molecule has 2 N–H and O–H groups in total. The van der Waals surface area contributed by atoms with Gasteiger partial charge in [-0.3, -0.25) is 19.8 Å². The van der Waals surface area contributed by atoms with Crippen molar-refractivity contribution in [1.82, 2.24) is 19.5 Å². The first-order chi connectivity index (χ1) is 15.1. The van der Waals surface area contributed by atoms with Crippen LogP contribution in [0.4, 0.5) is 0 Å². The maximum Gasteiger partial charge on any atom is 0.335 e. The number of methoxy groups -OCH3 is 1. The van der Waals surface area contributed by atoms with E-state index in [0.717, 1.165) is 29.4 Å². The molecule has 0 spiro atoms. The number of pyridine rings is 1. The summed E-state index contributed by atoms with van der Waals surface area (Å²) in [6.45, 7) is 0.715. The standard InChI is InChI=1S/C22H23N5O4/c1-31-17-9-7-16(8-10-17)27-21(29)18(20(28)25-22(27)30)14-24-26-12-3-2-6-19(26)15-5-4-11-23-13-15/h4-5,7-11,13-14,19,29H,2-3,6,12H2,1H3,(H,25,28,30)/t19-/m0/s1. The van der Waals surface area contributed by atoms with E-state index in [2.05, 4.69) is 15.1 Å². The molecule has 1 saturated heterocycles. The first-order valence-corrected chi connectivity index (χ1v) is 10.0. The van der Waals surface area contributed by atoms with Crippen LogP contribution < -0.4 is 16.0 Å². The lowest BCUT2D eigenvalue weighted by molar-refractivity contribution is 0.156. The maximum absolute atomic E-state index is 12.4. The molecule has 3 heterocycles. The molecule has 1 fully saturated rings. The molecule has 2 aromatic heterocycles. The summed E-state index contributed by atoms with van der Waals surface area (Å²) < 4.78 is 6.15. The zero-order chi connectivity index (χ0) is 21.8. The number of benzene rings is 1. The van der Waals surface area contributed by atoms with Crippen LogP contribution >= 0.6 is 0 Å². The minimum absolute atomic E-state index is 0.0346. The number of H-pyrrole nitrogens is 1. The molecule has 1 aliphatic rings. The Kier molecular flexibility index (Phi) is 5.83. The summed E-state index contributed by atoms with van der Waals surface area (Å²) in [5.74, 6) is 0.131. The van der Waals surface area contributed by atoms with Gasteiger partial charge in [-0.1, -0.05) is 6.07 Å². The van der Waals surface area contributed by atoms with Gasteiger partial charge in [-0.15, -0.1) is 0 Å². The Bertz CT molecular complexity index is 1190. The van der Waals surface area contributed by atoms with E-state index >= 15 is 0 Å². The summed E-state index contributed by atoms with van der Waals surface area (Å²) in [5.41, 5.74) is -0.103. The second-order valence-electron chi connectivity index (χ2n) is 7.24. The molecular weight excluding hydrogens is 398 g/mol. The first kappa shape index (κ1) is 20.4. The fourth-order valence-corrected chi connectivity index (χ4v) is 3.72. The molecule has 1 aromatic carbocycles. The number of hydrogen-bond donors (Lipinski definition) is 2. The fraction of sp³-hybridized carbons (Fsp3) is 0.273. The van der Waals surface area contributed by atoms with Gasteiger partial charge in [0.05, 0.1) is 25.1 Å². The summed E-state index contributed by atoms with van der Waals surface area (Å²) in [6.07, 6.45) is 7.80. The highest BCUT2D eigenvalue weighted by Gasteiger charge is 2.23. The number of piperidine rings is 1. The number of nitrogens with one attached hydrogen (secondary N) is 1. The van der Waals surface area contributed by atoms with Crippen LogP contribution in [0.1, 0.15) is 36.4 Å².